The molecule has 0 unspecified atom stereocenters. The summed E-state index contributed by atoms with van der Waals surface area (Å²) in [5.41, 5.74) is 0.421. The van der Waals surface area contributed by atoms with E-state index in [-0.39, 0.29) is 23.2 Å². The van der Waals surface area contributed by atoms with Crippen LogP contribution in [0.5, 0.6) is 0 Å². The van der Waals surface area contributed by atoms with Crippen LogP contribution in [0.25, 0.3) is 0 Å². The van der Waals surface area contributed by atoms with Crippen LogP contribution in [0.3, 0.4) is 0 Å². The Hall–Kier alpha value is -2.05. The number of carbonyl (C=O) groups excluding carboxylic acids is 1. The minimum Gasteiger partial charge on any atom is -0.371 e. The quantitative estimate of drug-likeness (QED) is 0.908. The van der Waals surface area contributed by atoms with Gasteiger partial charge in [-0.3, -0.25) is 4.79 Å². The normalized spacial score (nSPS) is 18.4. The summed E-state index contributed by atoms with van der Waals surface area (Å²) in [5, 5.41) is 7.36. The SMILES string of the molecule is CC(C)N(C)c1cnn([C@H]2CCCN(C(=O)NC(C)(C)C)C2)c(=O)c1. The average molecular weight is 349 g/mol. The zero-order valence-corrected chi connectivity index (χ0v) is 16.2. The van der Waals surface area contributed by atoms with Crippen molar-refractivity contribution in [2.75, 3.05) is 25.0 Å². The first-order valence-electron chi connectivity index (χ1n) is 8.97. The van der Waals surface area contributed by atoms with Crippen molar-refractivity contribution in [3.8, 4) is 0 Å². The van der Waals surface area contributed by atoms with Gasteiger partial charge in [-0.2, -0.15) is 5.10 Å². The molecule has 2 rings (SSSR count). The lowest BCUT2D eigenvalue weighted by Gasteiger charge is -2.35. The lowest BCUT2D eigenvalue weighted by Crippen LogP contribution is -2.52. The van der Waals surface area contributed by atoms with Gasteiger partial charge in [0.05, 0.1) is 17.9 Å². The second-order valence-corrected chi connectivity index (χ2v) is 8.12. The molecule has 2 heterocycles. The Morgan fingerprint density at radius 1 is 1.40 bits per heavy atom. The molecule has 140 valence electrons. The van der Waals surface area contributed by atoms with E-state index < -0.39 is 0 Å². The van der Waals surface area contributed by atoms with E-state index >= 15 is 0 Å². The minimum atomic E-state index is -0.276. The molecule has 0 bridgehead atoms. The van der Waals surface area contributed by atoms with E-state index in [9.17, 15) is 9.59 Å². The van der Waals surface area contributed by atoms with E-state index in [0.717, 1.165) is 18.5 Å². The van der Waals surface area contributed by atoms with Crippen molar-refractivity contribution in [2.45, 2.75) is 65.1 Å². The Kier molecular flexibility index (Phi) is 5.75. The molecule has 1 N–H and O–H groups in total. The summed E-state index contributed by atoms with van der Waals surface area (Å²) in [6.07, 6.45) is 3.45. The number of amides is 2. The molecule has 0 saturated carbocycles. The average Bonchev–Trinajstić information content (AvgIpc) is 2.52. The van der Waals surface area contributed by atoms with Crippen molar-refractivity contribution in [1.82, 2.24) is 20.0 Å². The van der Waals surface area contributed by atoms with Gasteiger partial charge < -0.3 is 15.1 Å². The Labute approximate surface area is 150 Å². The number of hydrogen-bond acceptors (Lipinski definition) is 4. The Morgan fingerprint density at radius 3 is 2.64 bits per heavy atom. The number of piperidine rings is 1. The van der Waals surface area contributed by atoms with Crippen LogP contribution in [0.15, 0.2) is 17.1 Å². The van der Waals surface area contributed by atoms with E-state index in [4.69, 9.17) is 0 Å². The Bertz CT molecular complexity index is 662. The van der Waals surface area contributed by atoms with Gasteiger partial charge in [0.2, 0.25) is 0 Å². The van der Waals surface area contributed by atoms with Crippen LogP contribution in [-0.2, 0) is 0 Å². The van der Waals surface area contributed by atoms with Crippen molar-refractivity contribution < 1.29 is 4.79 Å². The molecule has 1 saturated heterocycles. The molecule has 1 aromatic heterocycles. The molecule has 1 aromatic rings. The summed E-state index contributed by atoms with van der Waals surface area (Å²) in [5.74, 6) is 0. The number of hydrogen-bond donors (Lipinski definition) is 1. The highest BCUT2D eigenvalue weighted by Crippen LogP contribution is 2.20. The number of nitrogens with one attached hydrogen (secondary N) is 1. The molecular weight excluding hydrogens is 318 g/mol. The highest BCUT2D eigenvalue weighted by atomic mass is 16.2. The topological polar surface area (TPSA) is 70.5 Å². The summed E-state index contributed by atoms with van der Waals surface area (Å²) in [7, 11) is 1.95. The minimum absolute atomic E-state index is 0.0784. The van der Waals surface area contributed by atoms with Gasteiger partial charge in [0.25, 0.3) is 5.56 Å². The number of likely N-dealkylation sites (tertiary alicyclic amines) is 1. The van der Waals surface area contributed by atoms with E-state index in [0.29, 0.717) is 19.1 Å². The molecule has 0 radical (unpaired) electrons. The van der Waals surface area contributed by atoms with Crippen molar-refractivity contribution >= 4 is 11.7 Å². The molecule has 25 heavy (non-hydrogen) atoms. The lowest BCUT2D eigenvalue weighted by molar-refractivity contribution is 0.155. The number of carbonyl (C=O) groups is 1. The van der Waals surface area contributed by atoms with Gasteiger partial charge in [0.15, 0.2) is 0 Å². The molecule has 1 atom stereocenters. The van der Waals surface area contributed by atoms with Gasteiger partial charge in [-0.1, -0.05) is 0 Å². The van der Waals surface area contributed by atoms with Gasteiger partial charge in [0.1, 0.15) is 0 Å². The molecular formula is C18H31N5O2. The smallest absolute Gasteiger partial charge is 0.317 e. The maximum Gasteiger partial charge on any atom is 0.317 e. The van der Waals surface area contributed by atoms with Gasteiger partial charge in [-0.25, -0.2) is 9.48 Å². The molecule has 1 aliphatic heterocycles. The standard InChI is InChI=1S/C18H31N5O2/c1-13(2)21(6)15-10-16(24)23(19-11-15)14-8-7-9-22(12-14)17(25)20-18(3,4)5/h10-11,13-14H,7-9,12H2,1-6H3,(H,20,25)/t14-/m0/s1. The largest absolute Gasteiger partial charge is 0.371 e. The van der Waals surface area contributed by atoms with Crippen LogP contribution < -0.4 is 15.8 Å². The Balaban J connectivity index is 2.13. The van der Waals surface area contributed by atoms with Crippen LogP contribution in [-0.4, -0.2) is 52.4 Å². The van der Waals surface area contributed by atoms with Gasteiger partial charge >= 0.3 is 6.03 Å². The number of aromatic nitrogens is 2. The number of urea groups is 1. The van der Waals surface area contributed by atoms with Crippen LogP contribution in [0.4, 0.5) is 10.5 Å². The number of rotatable bonds is 3. The van der Waals surface area contributed by atoms with Crippen molar-refractivity contribution in [1.29, 1.82) is 0 Å². The third-order valence-corrected chi connectivity index (χ3v) is 4.50. The van der Waals surface area contributed by atoms with Crippen LogP contribution in [0, 0.1) is 0 Å². The summed E-state index contributed by atoms with van der Waals surface area (Å²) >= 11 is 0. The molecule has 0 aromatic carbocycles. The van der Waals surface area contributed by atoms with E-state index in [1.807, 2.05) is 32.7 Å². The van der Waals surface area contributed by atoms with Crippen LogP contribution in [0.2, 0.25) is 0 Å². The van der Waals surface area contributed by atoms with Crippen LogP contribution >= 0.6 is 0 Å². The highest BCUT2D eigenvalue weighted by Gasteiger charge is 2.28. The number of nitrogens with zero attached hydrogens (tertiary/aromatic N) is 4. The maximum absolute atomic E-state index is 12.5. The lowest BCUT2D eigenvalue weighted by atomic mass is 10.1. The molecule has 0 spiro atoms. The predicted octanol–water partition coefficient (Wildman–Crippen LogP) is 2.23. The zero-order chi connectivity index (χ0) is 18.8. The van der Waals surface area contributed by atoms with Crippen molar-refractivity contribution in [2.24, 2.45) is 0 Å². The summed E-state index contributed by atoms with van der Waals surface area (Å²) in [6.45, 7) is 11.2. The molecule has 1 fully saturated rings. The van der Waals surface area contributed by atoms with Gasteiger partial charge in [-0.15, -0.1) is 0 Å². The predicted molar refractivity (Wildman–Crippen MR) is 100 cm³/mol. The third kappa shape index (κ3) is 4.96. The zero-order valence-electron chi connectivity index (χ0n) is 16.2. The van der Waals surface area contributed by atoms with E-state index in [1.54, 1.807) is 17.2 Å². The summed E-state index contributed by atoms with van der Waals surface area (Å²) < 4.78 is 1.52. The fraction of sp³-hybridized carbons (Fsp3) is 0.722. The van der Waals surface area contributed by atoms with Gasteiger partial charge in [-0.05, 0) is 47.5 Å². The maximum atomic E-state index is 12.5. The molecule has 7 heteroatoms. The summed E-state index contributed by atoms with van der Waals surface area (Å²) in [4.78, 5) is 28.7. The third-order valence-electron chi connectivity index (χ3n) is 4.50. The second-order valence-electron chi connectivity index (χ2n) is 8.12. The molecule has 7 nitrogen and oxygen atoms in total. The fourth-order valence-electron chi connectivity index (χ4n) is 2.91. The van der Waals surface area contributed by atoms with E-state index in [1.165, 1.54) is 4.68 Å². The summed E-state index contributed by atoms with van der Waals surface area (Å²) in [6, 6.07) is 1.76. The monoisotopic (exact) mass is 349 g/mol. The van der Waals surface area contributed by atoms with Crippen LogP contribution in [0.1, 0.15) is 53.5 Å². The first-order chi connectivity index (χ1) is 11.6. The fourth-order valence-corrected chi connectivity index (χ4v) is 2.91. The number of anilines is 1. The Morgan fingerprint density at radius 2 is 2.08 bits per heavy atom. The van der Waals surface area contributed by atoms with Crippen molar-refractivity contribution in [3.05, 3.63) is 22.6 Å². The van der Waals surface area contributed by atoms with Gasteiger partial charge in [0, 0.05) is 37.8 Å². The second kappa shape index (κ2) is 7.45. The van der Waals surface area contributed by atoms with E-state index in [2.05, 4.69) is 24.3 Å². The first kappa shape index (κ1) is 19.3. The molecule has 0 aliphatic carbocycles. The molecule has 1 aliphatic rings. The highest BCUT2D eigenvalue weighted by molar-refractivity contribution is 5.75. The van der Waals surface area contributed by atoms with Crippen molar-refractivity contribution in [3.63, 3.8) is 0 Å². The first-order valence-corrected chi connectivity index (χ1v) is 8.97. The molecule has 2 amide bonds.